The first-order valence-electron chi connectivity index (χ1n) is 8.60. The van der Waals surface area contributed by atoms with Crippen molar-refractivity contribution in [3.8, 4) is 10.6 Å². The van der Waals surface area contributed by atoms with Crippen molar-refractivity contribution in [2.45, 2.75) is 33.9 Å². The van der Waals surface area contributed by atoms with Gasteiger partial charge >= 0.3 is 0 Å². The fraction of sp³-hybridized carbons (Fsp3) is 0.316. The summed E-state index contributed by atoms with van der Waals surface area (Å²) in [6, 6.07) is 10.2. The second-order valence-electron chi connectivity index (χ2n) is 5.80. The summed E-state index contributed by atoms with van der Waals surface area (Å²) in [6.45, 7) is 8.25. The van der Waals surface area contributed by atoms with Crippen molar-refractivity contribution in [3.63, 3.8) is 0 Å². The van der Waals surface area contributed by atoms with Crippen molar-refractivity contribution in [3.05, 3.63) is 57.0 Å². The van der Waals surface area contributed by atoms with Crippen molar-refractivity contribution < 1.29 is 0 Å². The third kappa shape index (κ3) is 4.89. The zero-order valence-corrected chi connectivity index (χ0v) is 16.9. The molecule has 0 saturated heterocycles. The van der Waals surface area contributed by atoms with Crippen LogP contribution in [0.1, 0.15) is 28.2 Å². The first-order chi connectivity index (χ1) is 12.7. The van der Waals surface area contributed by atoms with E-state index >= 15 is 0 Å². The lowest BCUT2D eigenvalue weighted by atomic mass is 10.2. The number of thiazole rings is 2. The average Bonchev–Trinajstić information content (AvgIpc) is 3.24. The first kappa shape index (κ1) is 18.5. The summed E-state index contributed by atoms with van der Waals surface area (Å²) >= 11 is 3.38. The van der Waals surface area contributed by atoms with Crippen molar-refractivity contribution in [1.29, 1.82) is 0 Å². The number of hydrogen-bond acceptors (Lipinski definition) is 5. The quantitative estimate of drug-likeness (QED) is 0.494. The topological polar surface area (TPSA) is 62.2 Å². The number of rotatable bonds is 6. The van der Waals surface area contributed by atoms with Gasteiger partial charge in [0.1, 0.15) is 5.01 Å². The highest BCUT2D eigenvalue weighted by Gasteiger charge is 2.07. The van der Waals surface area contributed by atoms with Crippen LogP contribution in [-0.4, -0.2) is 22.5 Å². The molecule has 0 aliphatic carbocycles. The van der Waals surface area contributed by atoms with Gasteiger partial charge in [-0.05, 0) is 20.8 Å². The molecule has 0 spiro atoms. The molecule has 0 saturated carbocycles. The Balaban J connectivity index is 1.64. The van der Waals surface area contributed by atoms with Crippen LogP contribution >= 0.6 is 22.7 Å². The zero-order valence-electron chi connectivity index (χ0n) is 15.2. The van der Waals surface area contributed by atoms with Crippen molar-refractivity contribution in [2.24, 2.45) is 4.99 Å². The molecule has 0 bridgehead atoms. The van der Waals surface area contributed by atoms with Crippen LogP contribution in [0.2, 0.25) is 0 Å². The van der Waals surface area contributed by atoms with Gasteiger partial charge in [0.15, 0.2) is 5.96 Å². The van der Waals surface area contributed by atoms with E-state index in [1.54, 1.807) is 22.7 Å². The number of aromatic nitrogens is 2. The van der Waals surface area contributed by atoms with E-state index in [0.717, 1.165) is 46.0 Å². The molecule has 0 fully saturated rings. The fourth-order valence-corrected chi connectivity index (χ4v) is 4.19. The maximum atomic E-state index is 4.70. The first-order valence-corrected chi connectivity index (χ1v) is 10.3. The van der Waals surface area contributed by atoms with Gasteiger partial charge in [-0.2, -0.15) is 0 Å². The average molecular weight is 386 g/mol. The van der Waals surface area contributed by atoms with Crippen LogP contribution < -0.4 is 10.6 Å². The second-order valence-corrected chi connectivity index (χ2v) is 7.95. The Morgan fingerprint density at radius 2 is 1.92 bits per heavy atom. The lowest BCUT2D eigenvalue weighted by molar-refractivity contribution is 0.816. The summed E-state index contributed by atoms with van der Waals surface area (Å²) in [5, 5.41) is 10.9. The minimum atomic E-state index is 0.555. The van der Waals surface area contributed by atoms with E-state index in [1.807, 2.05) is 32.0 Å². The summed E-state index contributed by atoms with van der Waals surface area (Å²) in [6.07, 6.45) is 0. The SMILES string of the molecule is CCNC(=NCc1csc(-c2ccccc2)n1)NCc1sc(C)nc1C. The molecule has 0 radical (unpaired) electrons. The van der Waals surface area contributed by atoms with E-state index in [0.29, 0.717) is 6.54 Å². The van der Waals surface area contributed by atoms with Crippen LogP contribution in [0.15, 0.2) is 40.7 Å². The molecule has 2 aromatic heterocycles. The maximum absolute atomic E-state index is 4.70. The van der Waals surface area contributed by atoms with E-state index in [2.05, 4.69) is 45.0 Å². The summed E-state index contributed by atoms with van der Waals surface area (Å²) in [7, 11) is 0. The van der Waals surface area contributed by atoms with Gasteiger partial charge in [-0.1, -0.05) is 30.3 Å². The predicted octanol–water partition coefficient (Wildman–Crippen LogP) is 4.14. The third-order valence-electron chi connectivity index (χ3n) is 3.73. The minimum absolute atomic E-state index is 0.555. The van der Waals surface area contributed by atoms with Gasteiger partial charge in [0, 0.05) is 22.4 Å². The Bertz CT molecular complexity index is 867. The fourth-order valence-electron chi connectivity index (χ4n) is 2.50. The Kier molecular flexibility index (Phi) is 6.35. The molecule has 1 aromatic carbocycles. The summed E-state index contributed by atoms with van der Waals surface area (Å²) in [4.78, 5) is 15.1. The van der Waals surface area contributed by atoms with Crippen molar-refractivity contribution >= 4 is 28.6 Å². The Morgan fingerprint density at radius 3 is 2.62 bits per heavy atom. The molecular formula is C19H23N5S2. The second kappa shape index (κ2) is 8.91. The molecule has 5 nitrogen and oxygen atoms in total. The number of hydrogen-bond donors (Lipinski definition) is 2. The van der Waals surface area contributed by atoms with Crippen LogP contribution in [0.25, 0.3) is 10.6 Å². The monoisotopic (exact) mass is 385 g/mol. The van der Waals surface area contributed by atoms with E-state index in [-0.39, 0.29) is 0 Å². The van der Waals surface area contributed by atoms with Crippen LogP contribution in [-0.2, 0) is 13.1 Å². The molecule has 3 rings (SSSR count). The van der Waals surface area contributed by atoms with Gasteiger partial charge in [0.05, 0.1) is 29.5 Å². The van der Waals surface area contributed by atoms with Gasteiger partial charge in [0.2, 0.25) is 0 Å². The molecule has 2 N–H and O–H groups in total. The Morgan fingerprint density at radius 1 is 1.12 bits per heavy atom. The van der Waals surface area contributed by atoms with Crippen LogP contribution in [0, 0.1) is 13.8 Å². The van der Waals surface area contributed by atoms with E-state index in [4.69, 9.17) is 4.98 Å². The lowest BCUT2D eigenvalue weighted by Gasteiger charge is -2.10. The highest BCUT2D eigenvalue weighted by Crippen LogP contribution is 2.23. The largest absolute Gasteiger partial charge is 0.357 e. The molecule has 26 heavy (non-hydrogen) atoms. The minimum Gasteiger partial charge on any atom is -0.357 e. The molecule has 0 aliphatic rings. The molecule has 7 heteroatoms. The Labute approximate surface area is 162 Å². The molecule has 0 unspecified atom stereocenters. The molecular weight excluding hydrogens is 362 g/mol. The Hall–Kier alpha value is -2.25. The van der Waals surface area contributed by atoms with Gasteiger partial charge in [-0.15, -0.1) is 22.7 Å². The molecule has 0 aliphatic heterocycles. The molecule has 0 atom stereocenters. The molecule has 2 heterocycles. The standard InChI is InChI=1S/C19H23N5S2/c1-4-20-19(22-11-17-13(2)23-14(3)26-17)21-10-16-12-25-18(24-16)15-8-6-5-7-9-15/h5-9,12H,4,10-11H2,1-3H3,(H2,20,21,22). The van der Waals surface area contributed by atoms with E-state index in [9.17, 15) is 0 Å². The van der Waals surface area contributed by atoms with Gasteiger partial charge in [0.25, 0.3) is 0 Å². The van der Waals surface area contributed by atoms with Gasteiger partial charge in [-0.3, -0.25) is 0 Å². The number of aryl methyl sites for hydroxylation is 2. The predicted molar refractivity (Wildman–Crippen MR) is 111 cm³/mol. The smallest absolute Gasteiger partial charge is 0.191 e. The summed E-state index contributed by atoms with van der Waals surface area (Å²) in [5.41, 5.74) is 3.22. The van der Waals surface area contributed by atoms with E-state index < -0.39 is 0 Å². The maximum Gasteiger partial charge on any atom is 0.191 e. The van der Waals surface area contributed by atoms with Gasteiger partial charge in [-0.25, -0.2) is 15.0 Å². The van der Waals surface area contributed by atoms with Crippen LogP contribution in [0.5, 0.6) is 0 Å². The van der Waals surface area contributed by atoms with Crippen molar-refractivity contribution in [1.82, 2.24) is 20.6 Å². The normalized spacial score (nSPS) is 11.6. The molecule has 0 amide bonds. The highest BCUT2D eigenvalue weighted by atomic mass is 32.1. The molecule has 3 aromatic rings. The number of aliphatic imine (C=N–C) groups is 1. The number of guanidine groups is 1. The van der Waals surface area contributed by atoms with Gasteiger partial charge < -0.3 is 10.6 Å². The third-order valence-corrected chi connectivity index (χ3v) is 5.74. The van der Waals surface area contributed by atoms with Crippen LogP contribution in [0.3, 0.4) is 0 Å². The summed E-state index contributed by atoms with van der Waals surface area (Å²) < 4.78 is 0. The number of nitrogens with one attached hydrogen (secondary N) is 2. The lowest BCUT2D eigenvalue weighted by Crippen LogP contribution is -2.36. The molecule has 136 valence electrons. The summed E-state index contributed by atoms with van der Waals surface area (Å²) in [5.74, 6) is 0.798. The van der Waals surface area contributed by atoms with Crippen molar-refractivity contribution in [2.75, 3.05) is 6.54 Å². The zero-order chi connectivity index (χ0) is 18.4. The van der Waals surface area contributed by atoms with E-state index in [1.165, 1.54) is 4.88 Å². The number of nitrogens with zero attached hydrogens (tertiary/aromatic N) is 3. The van der Waals surface area contributed by atoms with Crippen LogP contribution in [0.4, 0.5) is 0 Å². The number of benzene rings is 1. The highest BCUT2D eigenvalue weighted by molar-refractivity contribution is 7.13.